The Hall–Kier alpha value is -4.19. The van der Waals surface area contributed by atoms with Crippen molar-refractivity contribution >= 4 is 22.6 Å². The summed E-state index contributed by atoms with van der Waals surface area (Å²) >= 11 is 0. The van der Waals surface area contributed by atoms with Crippen LogP contribution in [0.15, 0.2) is 60.7 Å². The maximum absolute atomic E-state index is 14.1. The molecule has 1 amide bonds. The van der Waals surface area contributed by atoms with Crippen molar-refractivity contribution in [2.75, 3.05) is 31.2 Å². The van der Waals surface area contributed by atoms with Crippen LogP contribution in [0.3, 0.4) is 0 Å². The maximum Gasteiger partial charge on any atom is 0.274 e. The van der Waals surface area contributed by atoms with E-state index in [1.165, 1.54) is 6.07 Å². The summed E-state index contributed by atoms with van der Waals surface area (Å²) in [5, 5.41) is 8.80. The minimum Gasteiger partial charge on any atom is -0.378 e. The summed E-state index contributed by atoms with van der Waals surface area (Å²) in [7, 11) is 0. The average molecular weight is 456 g/mol. The molecule has 3 aromatic carbocycles. The number of amides is 1. The lowest BCUT2D eigenvalue weighted by molar-refractivity contribution is 0.0706. The first kappa shape index (κ1) is 21.6. The molecule has 2 heterocycles. The fourth-order valence-corrected chi connectivity index (χ4v) is 3.89. The van der Waals surface area contributed by atoms with Crippen molar-refractivity contribution in [2.45, 2.75) is 0 Å². The number of anilines is 1. The number of halogens is 1. The van der Waals surface area contributed by atoms with Gasteiger partial charge in [0, 0.05) is 24.2 Å². The molecule has 1 fully saturated rings. The second kappa shape index (κ2) is 9.35. The number of rotatable bonds is 3. The van der Waals surface area contributed by atoms with Gasteiger partial charge in [0.15, 0.2) is 0 Å². The molecule has 8 heteroatoms. The molecule has 0 saturated carbocycles. The Kier molecular flexibility index (Phi) is 5.95. The van der Waals surface area contributed by atoms with E-state index < -0.39 is 5.91 Å². The topological polar surface area (TPSA) is 90.5 Å². The van der Waals surface area contributed by atoms with Crippen molar-refractivity contribution in [3.63, 3.8) is 0 Å². The SMILES string of the molecule is O=C(NO)c1ccc(-c2nc3cc(N4CCOCC4)c(C#Cc4ccccc4F)cc3[nH]2)cc1. The predicted octanol–water partition coefficient (Wildman–Crippen LogP) is 3.72. The van der Waals surface area contributed by atoms with Crippen molar-refractivity contribution < 1.29 is 19.1 Å². The highest BCUT2D eigenvalue weighted by atomic mass is 19.1. The van der Waals surface area contributed by atoms with Gasteiger partial charge in [-0.2, -0.15) is 0 Å². The number of fused-ring (bicyclic) bond motifs is 1. The number of carbonyl (C=O) groups is 1. The minimum absolute atomic E-state index is 0.336. The van der Waals surface area contributed by atoms with Gasteiger partial charge in [0.1, 0.15) is 11.6 Å². The first-order valence-corrected chi connectivity index (χ1v) is 10.8. The van der Waals surface area contributed by atoms with E-state index in [9.17, 15) is 9.18 Å². The van der Waals surface area contributed by atoms with Gasteiger partial charge in [-0.1, -0.05) is 36.1 Å². The van der Waals surface area contributed by atoms with E-state index >= 15 is 0 Å². The number of nitrogens with one attached hydrogen (secondary N) is 2. The molecule has 170 valence electrons. The molecule has 1 aliphatic rings. The number of benzene rings is 3. The molecule has 0 unspecified atom stereocenters. The maximum atomic E-state index is 14.1. The quantitative estimate of drug-likeness (QED) is 0.248. The molecule has 0 aliphatic carbocycles. The number of nitrogens with zero attached hydrogens (tertiary/aromatic N) is 2. The van der Waals surface area contributed by atoms with Crippen LogP contribution < -0.4 is 10.4 Å². The Balaban J connectivity index is 1.56. The van der Waals surface area contributed by atoms with Crippen LogP contribution in [0.25, 0.3) is 22.4 Å². The number of aromatic amines is 1. The van der Waals surface area contributed by atoms with Crippen molar-refractivity contribution in [1.29, 1.82) is 0 Å². The Bertz CT molecular complexity index is 1410. The van der Waals surface area contributed by atoms with Gasteiger partial charge in [0.2, 0.25) is 0 Å². The molecule has 3 N–H and O–H groups in total. The molecule has 0 bridgehead atoms. The molecule has 1 aliphatic heterocycles. The highest BCUT2D eigenvalue weighted by Crippen LogP contribution is 2.29. The van der Waals surface area contributed by atoms with E-state index in [1.807, 2.05) is 12.1 Å². The number of aromatic nitrogens is 2. The molecule has 34 heavy (non-hydrogen) atoms. The van der Waals surface area contributed by atoms with Crippen LogP contribution in [-0.4, -0.2) is 47.4 Å². The average Bonchev–Trinajstić information content (AvgIpc) is 3.31. The molecule has 1 aromatic heterocycles. The third kappa shape index (κ3) is 4.35. The van der Waals surface area contributed by atoms with Gasteiger partial charge in [0.25, 0.3) is 5.91 Å². The van der Waals surface area contributed by atoms with Crippen molar-refractivity contribution in [3.8, 4) is 23.2 Å². The number of carbonyl (C=O) groups excluding carboxylic acids is 1. The van der Waals surface area contributed by atoms with Gasteiger partial charge in [-0.25, -0.2) is 14.9 Å². The van der Waals surface area contributed by atoms with Crippen LogP contribution in [0.5, 0.6) is 0 Å². The zero-order valence-electron chi connectivity index (χ0n) is 18.1. The molecule has 7 nitrogen and oxygen atoms in total. The first-order chi connectivity index (χ1) is 16.6. The fraction of sp³-hybridized carbons (Fsp3) is 0.154. The Morgan fingerprint density at radius 2 is 1.79 bits per heavy atom. The van der Waals surface area contributed by atoms with Crippen LogP contribution in [-0.2, 0) is 4.74 Å². The summed E-state index contributed by atoms with van der Waals surface area (Å²) < 4.78 is 19.6. The van der Waals surface area contributed by atoms with Crippen molar-refractivity contribution in [3.05, 3.63) is 83.2 Å². The predicted molar refractivity (Wildman–Crippen MR) is 126 cm³/mol. The monoisotopic (exact) mass is 456 g/mol. The van der Waals surface area contributed by atoms with E-state index in [4.69, 9.17) is 14.9 Å². The number of imidazole rings is 1. The Labute approximate surface area is 195 Å². The third-order valence-corrected chi connectivity index (χ3v) is 5.68. The largest absolute Gasteiger partial charge is 0.378 e. The second-order valence-electron chi connectivity index (χ2n) is 7.82. The highest BCUT2D eigenvalue weighted by molar-refractivity contribution is 5.94. The number of morpholine rings is 1. The van der Waals surface area contributed by atoms with Crippen LogP contribution in [0.2, 0.25) is 0 Å². The lowest BCUT2D eigenvalue weighted by Crippen LogP contribution is -2.36. The van der Waals surface area contributed by atoms with Crippen LogP contribution in [0.1, 0.15) is 21.5 Å². The standard InChI is InChI=1S/C26H21FN4O3/c27-21-4-2-1-3-17(21)5-10-20-15-22-23(16-24(20)31-11-13-34-14-12-31)29-25(28-22)18-6-8-19(9-7-18)26(32)30-33/h1-4,6-9,15-16,33H,11-14H2,(H,28,29)(H,30,32). The van der Waals surface area contributed by atoms with Crippen LogP contribution >= 0.6 is 0 Å². The number of ether oxygens (including phenoxy) is 1. The summed E-state index contributed by atoms with van der Waals surface area (Å²) in [6.45, 7) is 2.70. The minimum atomic E-state index is -0.579. The van der Waals surface area contributed by atoms with Crippen molar-refractivity contribution in [2.24, 2.45) is 0 Å². The van der Waals surface area contributed by atoms with E-state index in [2.05, 4.69) is 21.7 Å². The molecule has 5 rings (SSSR count). The summed E-state index contributed by atoms with van der Waals surface area (Å²) in [5.41, 5.74) is 6.34. The van der Waals surface area contributed by atoms with Gasteiger partial charge in [-0.15, -0.1) is 0 Å². The molecular weight excluding hydrogens is 435 g/mol. The number of H-pyrrole nitrogens is 1. The van der Waals surface area contributed by atoms with Crippen LogP contribution in [0, 0.1) is 17.7 Å². The highest BCUT2D eigenvalue weighted by Gasteiger charge is 2.17. The third-order valence-electron chi connectivity index (χ3n) is 5.68. The van der Waals surface area contributed by atoms with E-state index in [0.717, 1.165) is 40.9 Å². The smallest absolute Gasteiger partial charge is 0.274 e. The first-order valence-electron chi connectivity index (χ1n) is 10.8. The summed E-state index contributed by atoms with van der Waals surface area (Å²) in [6, 6.07) is 17.1. The molecule has 0 spiro atoms. The molecule has 4 aromatic rings. The lowest BCUT2D eigenvalue weighted by Gasteiger charge is -2.29. The van der Waals surface area contributed by atoms with E-state index in [-0.39, 0.29) is 5.82 Å². The van der Waals surface area contributed by atoms with Gasteiger partial charge < -0.3 is 14.6 Å². The van der Waals surface area contributed by atoms with Gasteiger partial charge in [-0.05, 0) is 36.4 Å². The Morgan fingerprint density at radius 3 is 2.53 bits per heavy atom. The van der Waals surface area contributed by atoms with Crippen LogP contribution in [0.4, 0.5) is 10.1 Å². The number of hydrogen-bond donors (Lipinski definition) is 3. The zero-order valence-corrected chi connectivity index (χ0v) is 18.1. The van der Waals surface area contributed by atoms with E-state index in [0.29, 0.717) is 30.2 Å². The van der Waals surface area contributed by atoms with Gasteiger partial charge in [0.05, 0.1) is 41.1 Å². The van der Waals surface area contributed by atoms with E-state index in [1.54, 1.807) is 47.9 Å². The molecule has 1 saturated heterocycles. The normalized spacial score (nSPS) is 13.4. The van der Waals surface area contributed by atoms with Gasteiger partial charge >= 0.3 is 0 Å². The van der Waals surface area contributed by atoms with Crippen molar-refractivity contribution in [1.82, 2.24) is 15.4 Å². The summed E-state index contributed by atoms with van der Waals surface area (Å²) in [5.74, 6) is 5.81. The molecular formula is C26H21FN4O3. The fourth-order valence-electron chi connectivity index (χ4n) is 3.89. The number of hydrogen-bond acceptors (Lipinski definition) is 5. The van der Waals surface area contributed by atoms with Gasteiger partial charge in [-0.3, -0.25) is 10.0 Å². The summed E-state index contributed by atoms with van der Waals surface area (Å²) in [6.07, 6.45) is 0. The second-order valence-corrected chi connectivity index (χ2v) is 7.82. The molecule has 0 radical (unpaired) electrons. The zero-order chi connectivity index (χ0) is 23.5. The lowest BCUT2D eigenvalue weighted by atomic mass is 10.1. The number of hydroxylamine groups is 1. The molecule has 0 atom stereocenters. The Morgan fingerprint density at radius 1 is 1.06 bits per heavy atom. The summed E-state index contributed by atoms with van der Waals surface area (Å²) in [4.78, 5) is 21.8.